The van der Waals surface area contributed by atoms with Crippen LogP contribution in [0.5, 0.6) is 5.75 Å². The van der Waals surface area contributed by atoms with E-state index in [0.29, 0.717) is 16.5 Å². The normalized spacial score (nSPS) is 11.8. The summed E-state index contributed by atoms with van der Waals surface area (Å²) in [5, 5.41) is 3.14. The smallest absolute Gasteiger partial charge is 0.331 e. The number of methoxy groups -OCH3 is 1. The van der Waals surface area contributed by atoms with Crippen molar-refractivity contribution in [3.05, 3.63) is 65.2 Å². The van der Waals surface area contributed by atoms with Crippen LogP contribution in [-0.2, 0) is 14.3 Å². The van der Waals surface area contributed by atoms with E-state index in [2.05, 4.69) is 5.32 Å². The van der Waals surface area contributed by atoms with Crippen LogP contribution < -0.4 is 10.1 Å². The van der Waals surface area contributed by atoms with Crippen LogP contribution >= 0.6 is 11.6 Å². The largest absolute Gasteiger partial charge is 0.497 e. The van der Waals surface area contributed by atoms with Gasteiger partial charge in [-0.15, -0.1) is 0 Å². The first kappa shape index (κ1) is 18.5. The molecule has 0 fully saturated rings. The molecular formula is C19H18ClNO4. The van der Waals surface area contributed by atoms with E-state index in [1.807, 2.05) is 12.1 Å². The van der Waals surface area contributed by atoms with Gasteiger partial charge in [-0.1, -0.05) is 29.8 Å². The van der Waals surface area contributed by atoms with Gasteiger partial charge in [-0.3, -0.25) is 4.79 Å². The highest BCUT2D eigenvalue weighted by molar-refractivity contribution is 6.30. The molecule has 2 aromatic carbocycles. The van der Waals surface area contributed by atoms with E-state index in [0.717, 1.165) is 5.56 Å². The van der Waals surface area contributed by atoms with Gasteiger partial charge in [-0.25, -0.2) is 4.79 Å². The molecule has 5 nitrogen and oxygen atoms in total. The van der Waals surface area contributed by atoms with Crippen molar-refractivity contribution < 1.29 is 19.1 Å². The third-order valence-corrected chi connectivity index (χ3v) is 3.50. The molecule has 0 aliphatic heterocycles. The fourth-order valence-electron chi connectivity index (χ4n) is 1.99. The molecule has 0 aliphatic rings. The number of rotatable bonds is 6. The average molecular weight is 360 g/mol. The van der Waals surface area contributed by atoms with Crippen LogP contribution in [0, 0.1) is 0 Å². The summed E-state index contributed by atoms with van der Waals surface area (Å²) in [6, 6.07) is 13.9. The summed E-state index contributed by atoms with van der Waals surface area (Å²) in [6.07, 6.45) is 1.91. The number of nitrogens with one attached hydrogen (secondary N) is 1. The second kappa shape index (κ2) is 8.89. The minimum atomic E-state index is -0.943. The lowest BCUT2D eigenvalue weighted by Crippen LogP contribution is -2.29. The average Bonchev–Trinajstić information content (AvgIpc) is 2.60. The molecule has 1 atom stereocenters. The van der Waals surface area contributed by atoms with E-state index in [-0.39, 0.29) is 0 Å². The van der Waals surface area contributed by atoms with Crippen LogP contribution in [0.2, 0.25) is 5.02 Å². The summed E-state index contributed by atoms with van der Waals surface area (Å²) >= 11 is 5.86. The molecule has 0 radical (unpaired) electrons. The van der Waals surface area contributed by atoms with Gasteiger partial charge in [0.15, 0.2) is 6.10 Å². The zero-order valence-electron chi connectivity index (χ0n) is 13.9. The molecule has 1 amide bonds. The molecule has 130 valence electrons. The lowest BCUT2D eigenvalue weighted by Gasteiger charge is -2.12. The Bertz CT molecular complexity index is 788. The molecule has 25 heavy (non-hydrogen) atoms. The highest BCUT2D eigenvalue weighted by Crippen LogP contribution is 2.16. The monoisotopic (exact) mass is 359 g/mol. The van der Waals surface area contributed by atoms with Crippen molar-refractivity contribution >= 4 is 35.2 Å². The lowest BCUT2D eigenvalue weighted by molar-refractivity contribution is -0.148. The number of hydrogen-bond donors (Lipinski definition) is 1. The van der Waals surface area contributed by atoms with Crippen molar-refractivity contribution in [3.8, 4) is 5.75 Å². The second-order valence-corrected chi connectivity index (χ2v) is 5.63. The highest BCUT2D eigenvalue weighted by Gasteiger charge is 2.16. The SMILES string of the molecule is COc1cccc(/C=C/C(=O)O[C@@H](C)C(=O)Nc2cccc(Cl)c2)c1. The van der Waals surface area contributed by atoms with E-state index < -0.39 is 18.0 Å². The van der Waals surface area contributed by atoms with Crippen molar-refractivity contribution in [1.82, 2.24) is 0 Å². The number of carbonyl (C=O) groups excluding carboxylic acids is 2. The Hall–Kier alpha value is -2.79. The molecule has 0 aliphatic carbocycles. The first-order valence-electron chi connectivity index (χ1n) is 7.57. The fraction of sp³-hybridized carbons (Fsp3) is 0.158. The molecule has 0 saturated carbocycles. The number of ether oxygens (including phenoxy) is 2. The zero-order chi connectivity index (χ0) is 18.2. The van der Waals surface area contributed by atoms with Gasteiger partial charge in [0.05, 0.1) is 7.11 Å². The number of amides is 1. The molecule has 1 N–H and O–H groups in total. The first-order valence-corrected chi connectivity index (χ1v) is 7.95. The predicted molar refractivity (Wildman–Crippen MR) is 97.7 cm³/mol. The van der Waals surface area contributed by atoms with Crippen molar-refractivity contribution in [2.75, 3.05) is 12.4 Å². The number of halogens is 1. The summed E-state index contributed by atoms with van der Waals surface area (Å²) < 4.78 is 10.2. The van der Waals surface area contributed by atoms with E-state index in [9.17, 15) is 9.59 Å². The maximum absolute atomic E-state index is 12.0. The summed E-state index contributed by atoms with van der Waals surface area (Å²) in [7, 11) is 1.57. The summed E-state index contributed by atoms with van der Waals surface area (Å²) in [5.74, 6) is -0.369. The molecule has 2 aromatic rings. The summed E-state index contributed by atoms with van der Waals surface area (Å²) in [6.45, 7) is 1.50. The molecule has 0 spiro atoms. The zero-order valence-corrected chi connectivity index (χ0v) is 14.6. The van der Waals surface area contributed by atoms with E-state index in [4.69, 9.17) is 21.1 Å². The van der Waals surface area contributed by atoms with Gasteiger partial charge in [-0.05, 0) is 48.9 Å². The van der Waals surface area contributed by atoms with Crippen molar-refractivity contribution in [3.63, 3.8) is 0 Å². The van der Waals surface area contributed by atoms with Crippen LogP contribution in [-0.4, -0.2) is 25.1 Å². The third-order valence-electron chi connectivity index (χ3n) is 3.26. The number of hydrogen-bond acceptors (Lipinski definition) is 4. The Morgan fingerprint density at radius 2 is 1.92 bits per heavy atom. The van der Waals surface area contributed by atoms with Crippen molar-refractivity contribution in [2.45, 2.75) is 13.0 Å². The van der Waals surface area contributed by atoms with Gasteiger partial charge < -0.3 is 14.8 Å². The van der Waals surface area contributed by atoms with Gasteiger partial charge in [0.1, 0.15) is 5.75 Å². The number of carbonyl (C=O) groups is 2. The van der Waals surface area contributed by atoms with Gasteiger partial charge in [-0.2, -0.15) is 0 Å². The van der Waals surface area contributed by atoms with Gasteiger partial charge in [0.2, 0.25) is 0 Å². The standard InChI is InChI=1S/C19H18ClNO4/c1-13(19(23)21-16-7-4-6-15(20)12-16)25-18(22)10-9-14-5-3-8-17(11-14)24-2/h3-13H,1-2H3,(H,21,23)/b10-9+/t13-/m0/s1. The van der Waals surface area contributed by atoms with Crippen LogP contribution in [0.1, 0.15) is 12.5 Å². The minimum Gasteiger partial charge on any atom is -0.497 e. The number of anilines is 1. The van der Waals surface area contributed by atoms with Crippen molar-refractivity contribution in [1.29, 1.82) is 0 Å². The van der Waals surface area contributed by atoms with Crippen LogP contribution in [0.15, 0.2) is 54.6 Å². The van der Waals surface area contributed by atoms with E-state index in [1.165, 1.54) is 13.0 Å². The Morgan fingerprint density at radius 1 is 1.16 bits per heavy atom. The molecule has 6 heteroatoms. The molecule has 0 aromatic heterocycles. The summed E-state index contributed by atoms with van der Waals surface area (Å²) in [4.78, 5) is 23.9. The molecule has 0 saturated heterocycles. The number of esters is 1. The van der Waals surface area contributed by atoms with Crippen molar-refractivity contribution in [2.24, 2.45) is 0 Å². The number of benzene rings is 2. The minimum absolute atomic E-state index is 0.439. The molecule has 0 heterocycles. The summed E-state index contributed by atoms with van der Waals surface area (Å²) in [5.41, 5.74) is 1.32. The van der Waals surface area contributed by atoms with Crippen LogP contribution in [0.25, 0.3) is 6.08 Å². The Balaban J connectivity index is 1.90. The van der Waals surface area contributed by atoms with Crippen LogP contribution in [0.3, 0.4) is 0 Å². The highest BCUT2D eigenvalue weighted by atomic mass is 35.5. The second-order valence-electron chi connectivity index (χ2n) is 5.19. The maximum Gasteiger partial charge on any atom is 0.331 e. The van der Waals surface area contributed by atoms with E-state index >= 15 is 0 Å². The Labute approximate surface area is 151 Å². The first-order chi connectivity index (χ1) is 12.0. The Morgan fingerprint density at radius 3 is 2.64 bits per heavy atom. The molecule has 2 rings (SSSR count). The lowest BCUT2D eigenvalue weighted by atomic mass is 10.2. The molecular weight excluding hydrogens is 342 g/mol. The van der Waals surface area contributed by atoms with Gasteiger partial charge in [0, 0.05) is 16.8 Å². The molecule has 0 unspecified atom stereocenters. The quantitative estimate of drug-likeness (QED) is 0.627. The maximum atomic E-state index is 12.0. The van der Waals surface area contributed by atoms with E-state index in [1.54, 1.807) is 49.6 Å². The molecule has 0 bridgehead atoms. The topological polar surface area (TPSA) is 64.6 Å². The predicted octanol–water partition coefficient (Wildman–Crippen LogP) is 3.93. The fourth-order valence-corrected chi connectivity index (χ4v) is 2.18. The van der Waals surface area contributed by atoms with Gasteiger partial charge >= 0.3 is 5.97 Å². The van der Waals surface area contributed by atoms with Crippen LogP contribution in [0.4, 0.5) is 5.69 Å². The third kappa shape index (κ3) is 5.97. The Kier molecular flexibility index (Phi) is 6.60. The van der Waals surface area contributed by atoms with Gasteiger partial charge in [0.25, 0.3) is 5.91 Å².